The van der Waals surface area contributed by atoms with Gasteiger partial charge in [-0.05, 0) is 6.42 Å². The van der Waals surface area contributed by atoms with Crippen molar-refractivity contribution in [3.8, 4) is 0 Å². The first-order chi connectivity index (χ1) is 6.47. The number of hydrogen-bond donors (Lipinski definition) is 3. The molecule has 0 saturated heterocycles. The van der Waals surface area contributed by atoms with Crippen LogP contribution in [0.3, 0.4) is 0 Å². The molecular weight excluding hydrogens is 199 g/mol. The summed E-state index contributed by atoms with van der Waals surface area (Å²) in [6.07, 6.45) is -0.229. The molecule has 7 nitrogen and oxygen atoms in total. The molecule has 6 N–H and O–H groups in total. The van der Waals surface area contributed by atoms with Crippen molar-refractivity contribution in [1.82, 2.24) is 0 Å². The quantitative estimate of drug-likeness (QED) is 0.235. The van der Waals surface area contributed by atoms with E-state index >= 15 is 0 Å². The number of hydrogen-bond acceptors (Lipinski definition) is 4. The van der Waals surface area contributed by atoms with Crippen LogP contribution in [-0.2, 0) is 9.59 Å². The third-order valence-electron chi connectivity index (χ3n) is 1.23. The van der Waals surface area contributed by atoms with Crippen molar-refractivity contribution in [2.24, 2.45) is 22.2 Å². The number of carboxylic acid groups (broad SMARTS) is 1. The van der Waals surface area contributed by atoms with Crippen LogP contribution < -0.4 is 51.9 Å². The Morgan fingerprint density at radius 3 is 2.43 bits per heavy atom. The molecule has 0 aliphatic rings. The van der Waals surface area contributed by atoms with Crippen molar-refractivity contribution < 1.29 is 45.7 Å². The van der Waals surface area contributed by atoms with Gasteiger partial charge < -0.3 is 27.1 Å². The molecule has 0 rings (SSSR count). The van der Waals surface area contributed by atoms with Gasteiger partial charge in [0.15, 0.2) is 7.37 Å². The molecule has 0 aliphatic carbocycles. The van der Waals surface area contributed by atoms with E-state index in [1.165, 1.54) is 0 Å². The van der Waals surface area contributed by atoms with Gasteiger partial charge in [-0.3, -0.25) is 4.79 Å². The van der Waals surface area contributed by atoms with Gasteiger partial charge in [-0.15, -0.1) is 0 Å². The first kappa shape index (κ1) is 13.2. The number of carbonyl (C=O) groups is 2. The molecule has 1 atom stereocenters. The molecule has 0 bridgehead atoms. The van der Waals surface area contributed by atoms with Gasteiger partial charge in [-0.25, -0.2) is 4.99 Å². The largest absolute Gasteiger partial charge is 1.00 e. The number of nitrogens with two attached hydrogens (primary N) is 3. The Kier molecular flexibility index (Phi) is 7.17. The van der Waals surface area contributed by atoms with Crippen LogP contribution in [0.2, 0.25) is 1.41 Å². The van der Waals surface area contributed by atoms with Crippen LogP contribution in [0.1, 0.15) is 12.8 Å². The number of rotatable bonds is 5. The molecule has 0 fully saturated rings. The fourth-order valence-electron chi connectivity index (χ4n) is 0.682. The third kappa shape index (κ3) is 7.84. The van der Waals surface area contributed by atoms with E-state index in [1.54, 1.807) is 5.73 Å². The third-order valence-corrected chi connectivity index (χ3v) is 1.23. The van der Waals surface area contributed by atoms with Crippen LogP contribution in [0.15, 0.2) is 4.99 Å². The first-order valence-corrected chi connectivity index (χ1v) is 3.47. The molecule has 1 amide bonds. The molecule has 8 heteroatoms. The summed E-state index contributed by atoms with van der Waals surface area (Å²) in [4.78, 5) is 24.2. The van der Waals surface area contributed by atoms with Crippen molar-refractivity contribution in [2.75, 3.05) is 0 Å². The van der Waals surface area contributed by atoms with Crippen LogP contribution in [0.25, 0.3) is 0 Å². The fraction of sp³-hybridized carbons (Fsp3) is 0.500. The number of nitrogens with zero attached hydrogens (tertiary/aromatic N) is 1. The zero-order valence-corrected chi connectivity index (χ0v) is 9.82. The normalized spacial score (nSPS) is 13.4. The van der Waals surface area contributed by atoms with E-state index in [2.05, 4.69) is 4.99 Å². The van der Waals surface area contributed by atoms with Gasteiger partial charge in [0, 0.05) is 6.42 Å². The standard InChI is InChI=1S/C6H12N4O3.Na/c7-4(11)2-1-3(5(12)13)10-6(8)9;/h3H,1-2H2,(H2,7,11)(H,12,13)(H4,8,9,10);/q;+1/p-1/t3-;/m0./s1/i/hD. The van der Waals surface area contributed by atoms with Gasteiger partial charge in [0.05, 0.1) is 12.0 Å². The molecule has 0 aliphatic heterocycles. The molecule has 0 aromatic heterocycles. The minimum Gasteiger partial charge on any atom is -0.548 e. The van der Waals surface area contributed by atoms with Gasteiger partial charge in [0.1, 0.15) is 0 Å². The van der Waals surface area contributed by atoms with Crippen molar-refractivity contribution in [1.29, 1.82) is 0 Å². The summed E-state index contributed by atoms with van der Waals surface area (Å²) in [5, 5.41) is 10.4. The predicted molar refractivity (Wildman–Crippen MR) is 43.0 cm³/mol. The molecule has 0 aromatic carbocycles. The second kappa shape index (κ2) is 7.60. The maximum absolute atomic E-state index is 10.4. The predicted octanol–water partition coefficient (Wildman–Crippen LogP) is -6.35. The molecule has 0 radical (unpaired) electrons. The summed E-state index contributed by atoms with van der Waals surface area (Å²) in [6, 6.07) is -1.26. The van der Waals surface area contributed by atoms with Crippen LogP contribution in [0, 0.1) is 0 Å². The second-order valence-corrected chi connectivity index (χ2v) is 2.35. The number of amides is 1. The topological polar surface area (TPSA) is 148 Å². The molecule has 0 heterocycles. The Morgan fingerprint density at radius 2 is 2.07 bits per heavy atom. The van der Waals surface area contributed by atoms with Gasteiger partial charge in [-0.1, -0.05) is 0 Å². The second-order valence-electron chi connectivity index (χ2n) is 2.35. The van der Waals surface area contributed by atoms with E-state index < -0.39 is 17.9 Å². The van der Waals surface area contributed by atoms with Crippen molar-refractivity contribution in [2.45, 2.75) is 18.9 Å². The van der Waals surface area contributed by atoms with Crippen LogP contribution in [-0.4, -0.2) is 23.9 Å². The summed E-state index contributed by atoms with van der Waals surface area (Å²) in [5.41, 5.74) is 11.6. The Hall–Kier alpha value is -0.790. The summed E-state index contributed by atoms with van der Waals surface area (Å²) in [7, 11) is 0. The summed E-state index contributed by atoms with van der Waals surface area (Å²) in [6.45, 7) is 0. The zero-order valence-electron chi connectivity index (χ0n) is 8.82. The maximum atomic E-state index is 10.4. The van der Waals surface area contributed by atoms with Gasteiger partial charge in [0.25, 0.3) is 0 Å². The summed E-state index contributed by atoms with van der Waals surface area (Å²) in [5.74, 6) is -2.46. The number of primary amides is 1. The number of carbonyl (C=O) groups excluding carboxylic acids is 2. The Bertz CT molecular complexity index is 261. The number of aliphatic carboxylic acids is 1. The Morgan fingerprint density at radius 1 is 1.50 bits per heavy atom. The van der Waals surface area contributed by atoms with Crippen LogP contribution in [0.4, 0.5) is 0 Å². The number of carboxylic acids is 1. The minimum atomic E-state index is -1.47. The van der Waals surface area contributed by atoms with E-state index in [1.807, 2.05) is 0 Å². The Labute approximate surface area is 104 Å². The van der Waals surface area contributed by atoms with E-state index in [9.17, 15) is 14.7 Å². The van der Waals surface area contributed by atoms with E-state index in [0.717, 1.165) is 0 Å². The monoisotopic (exact) mass is 211 g/mol. The minimum absolute atomic E-state index is 0. The SMILES string of the molecule is [2H]NC(N)=N[C@@H](CCC(N)=O)C(=O)[O-].[Na+]. The fourth-order valence-corrected chi connectivity index (χ4v) is 0.682. The van der Waals surface area contributed by atoms with Crippen LogP contribution >= 0.6 is 0 Å². The number of guanidine groups is 1. The Balaban J connectivity index is 0. The molecule has 14 heavy (non-hydrogen) atoms. The van der Waals surface area contributed by atoms with E-state index in [4.69, 9.17) is 12.9 Å². The molecule has 0 unspecified atom stereocenters. The number of aliphatic imine (C=N–C) groups is 1. The van der Waals surface area contributed by atoms with Crippen molar-refractivity contribution in [3.63, 3.8) is 0 Å². The molecule has 0 spiro atoms. The van der Waals surface area contributed by atoms with E-state index in [0.29, 0.717) is 0 Å². The van der Waals surface area contributed by atoms with Crippen LogP contribution in [0.5, 0.6) is 0 Å². The molecular formula is C6H11N4NaO3. The summed E-state index contributed by atoms with van der Waals surface area (Å²) < 4.78 is 6.55. The zero-order chi connectivity index (χ0) is 11.1. The molecule has 0 aromatic rings. The average Bonchev–Trinajstić information content (AvgIpc) is 2.10. The van der Waals surface area contributed by atoms with Crippen molar-refractivity contribution in [3.05, 3.63) is 0 Å². The molecule has 74 valence electrons. The van der Waals surface area contributed by atoms with E-state index in [-0.39, 0.29) is 48.4 Å². The maximum Gasteiger partial charge on any atom is 1.00 e. The first-order valence-electron chi connectivity index (χ1n) is 3.97. The average molecular weight is 211 g/mol. The van der Waals surface area contributed by atoms with Crippen molar-refractivity contribution >= 4 is 17.8 Å². The van der Waals surface area contributed by atoms with Gasteiger partial charge in [-0.2, -0.15) is 0 Å². The van der Waals surface area contributed by atoms with Gasteiger partial charge in [0.2, 0.25) is 5.91 Å². The summed E-state index contributed by atoms with van der Waals surface area (Å²) >= 11 is 0. The van der Waals surface area contributed by atoms with Gasteiger partial charge >= 0.3 is 29.6 Å². The smallest absolute Gasteiger partial charge is 0.548 e. The molecule has 0 saturated carbocycles.